The first-order valence-electron chi connectivity index (χ1n) is 3.33. The topological polar surface area (TPSA) is 26.0 Å². The first-order chi connectivity index (χ1) is 5.15. The second-order valence-electron chi connectivity index (χ2n) is 2.43. The van der Waals surface area contributed by atoms with E-state index in [2.05, 4.69) is 6.58 Å². The molecule has 1 aromatic rings. The van der Waals surface area contributed by atoms with Crippen LogP contribution in [0, 0.1) is 6.92 Å². The minimum Gasteiger partial charge on any atom is -0.398 e. The third-order valence-corrected chi connectivity index (χ3v) is 1.93. The van der Waals surface area contributed by atoms with Crippen LogP contribution in [0.4, 0.5) is 5.69 Å². The van der Waals surface area contributed by atoms with Gasteiger partial charge in [0.05, 0.1) is 0 Å². The lowest BCUT2D eigenvalue weighted by molar-refractivity contribution is 1.46. The van der Waals surface area contributed by atoms with Crippen molar-refractivity contribution in [3.63, 3.8) is 0 Å². The van der Waals surface area contributed by atoms with Gasteiger partial charge in [-0.05, 0) is 30.2 Å². The number of halogens is 1. The van der Waals surface area contributed by atoms with Crippen molar-refractivity contribution in [2.24, 2.45) is 0 Å². The molecule has 0 amide bonds. The predicted octanol–water partition coefficient (Wildman–Crippen LogP) is 2.87. The summed E-state index contributed by atoms with van der Waals surface area (Å²) in [6.45, 7) is 5.55. The van der Waals surface area contributed by atoms with Crippen LogP contribution < -0.4 is 5.73 Å². The Balaban J connectivity index is 3.31. The van der Waals surface area contributed by atoms with Gasteiger partial charge in [0.25, 0.3) is 0 Å². The molecule has 2 N–H and O–H groups in total. The maximum atomic E-state index is 5.87. The van der Waals surface area contributed by atoms with Crippen LogP contribution in [0.15, 0.2) is 18.7 Å². The van der Waals surface area contributed by atoms with E-state index in [1.807, 2.05) is 19.1 Å². The Bertz CT molecular complexity index is 292. The Morgan fingerprint density at radius 3 is 2.73 bits per heavy atom. The largest absolute Gasteiger partial charge is 0.398 e. The molecule has 0 fully saturated rings. The molecule has 2 heteroatoms. The maximum absolute atomic E-state index is 5.87. The van der Waals surface area contributed by atoms with E-state index < -0.39 is 0 Å². The zero-order valence-corrected chi connectivity index (χ0v) is 7.15. The number of nitrogens with two attached hydrogens (primary N) is 1. The molecule has 0 bridgehead atoms. The summed E-state index contributed by atoms with van der Waals surface area (Å²) in [6, 6.07) is 3.67. The molecule has 0 unspecified atom stereocenters. The molecule has 0 saturated heterocycles. The quantitative estimate of drug-likeness (QED) is 0.640. The van der Waals surface area contributed by atoms with Gasteiger partial charge in [-0.25, -0.2) is 0 Å². The van der Waals surface area contributed by atoms with E-state index in [1.54, 1.807) is 6.08 Å². The van der Waals surface area contributed by atoms with Gasteiger partial charge in [0.15, 0.2) is 0 Å². The number of hydrogen-bond acceptors (Lipinski definition) is 1. The van der Waals surface area contributed by atoms with Gasteiger partial charge < -0.3 is 5.73 Å². The van der Waals surface area contributed by atoms with E-state index in [1.165, 1.54) is 0 Å². The lowest BCUT2D eigenvalue weighted by Crippen LogP contribution is -1.90. The SMILES string of the molecule is C=Cc1cc(N)c(C)cc1Cl. The number of benzene rings is 1. The molecule has 11 heavy (non-hydrogen) atoms. The normalized spacial score (nSPS) is 9.64. The number of nitrogen functional groups attached to an aromatic ring is 1. The van der Waals surface area contributed by atoms with E-state index in [0.29, 0.717) is 5.02 Å². The smallest absolute Gasteiger partial charge is 0.0482 e. The molecule has 0 heterocycles. The Morgan fingerprint density at radius 2 is 2.18 bits per heavy atom. The van der Waals surface area contributed by atoms with Crippen molar-refractivity contribution < 1.29 is 0 Å². The molecule has 0 aliphatic rings. The summed E-state index contributed by atoms with van der Waals surface area (Å²) >= 11 is 5.87. The summed E-state index contributed by atoms with van der Waals surface area (Å²) in [5.41, 5.74) is 8.30. The Labute approximate surface area is 71.5 Å². The van der Waals surface area contributed by atoms with Gasteiger partial charge in [0, 0.05) is 10.7 Å². The van der Waals surface area contributed by atoms with Crippen molar-refractivity contribution >= 4 is 23.4 Å². The van der Waals surface area contributed by atoms with Crippen LogP contribution in [-0.4, -0.2) is 0 Å². The number of rotatable bonds is 1. The molecular weight excluding hydrogens is 158 g/mol. The third kappa shape index (κ3) is 1.55. The monoisotopic (exact) mass is 167 g/mol. The van der Waals surface area contributed by atoms with Crippen molar-refractivity contribution in [3.05, 3.63) is 34.9 Å². The Kier molecular flexibility index (Phi) is 2.20. The van der Waals surface area contributed by atoms with Crippen LogP contribution in [0.25, 0.3) is 6.08 Å². The highest BCUT2D eigenvalue weighted by molar-refractivity contribution is 6.32. The van der Waals surface area contributed by atoms with Gasteiger partial charge in [-0.15, -0.1) is 0 Å². The highest BCUT2D eigenvalue weighted by Gasteiger charge is 1.99. The Hall–Kier alpha value is -0.950. The first-order valence-corrected chi connectivity index (χ1v) is 3.71. The summed E-state index contributed by atoms with van der Waals surface area (Å²) in [6.07, 6.45) is 1.69. The van der Waals surface area contributed by atoms with Gasteiger partial charge in [0.2, 0.25) is 0 Å². The molecule has 0 saturated carbocycles. The fourth-order valence-electron chi connectivity index (χ4n) is 0.863. The van der Waals surface area contributed by atoms with Gasteiger partial charge >= 0.3 is 0 Å². The second kappa shape index (κ2) is 2.97. The molecule has 0 aliphatic carbocycles. The number of hydrogen-bond donors (Lipinski definition) is 1. The van der Waals surface area contributed by atoms with Gasteiger partial charge in [-0.1, -0.05) is 24.3 Å². The summed E-state index contributed by atoms with van der Waals surface area (Å²) in [7, 11) is 0. The average molecular weight is 168 g/mol. The first kappa shape index (κ1) is 8.15. The highest BCUT2D eigenvalue weighted by Crippen LogP contribution is 2.23. The third-order valence-electron chi connectivity index (χ3n) is 1.61. The zero-order valence-electron chi connectivity index (χ0n) is 6.39. The maximum Gasteiger partial charge on any atom is 0.0482 e. The fourth-order valence-corrected chi connectivity index (χ4v) is 1.16. The fraction of sp³-hybridized carbons (Fsp3) is 0.111. The standard InChI is InChI=1S/C9H10ClN/c1-3-7-5-9(11)6(2)4-8(7)10/h3-5H,1,11H2,2H3. The van der Waals surface area contributed by atoms with E-state index >= 15 is 0 Å². The van der Waals surface area contributed by atoms with E-state index in [-0.39, 0.29) is 0 Å². The highest BCUT2D eigenvalue weighted by atomic mass is 35.5. The summed E-state index contributed by atoms with van der Waals surface area (Å²) in [5, 5.41) is 0.701. The molecule has 0 spiro atoms. The van der Waals surface area contributed by atoms with Crippen molar-refractivity contribution in [1.29, 1.82) is 0 Å². The molecule has 0 aliphatic heterocycles. The minimum atomic E-state index is 0.701. The van der Waals surface area contributed by atoms with Crippen LogP contribution in [0.5, 0.6) is 0 Å². The lowest BCUT2D eigenvalue weighted by Gasteiger charge is -2.03. The molecule has 1 nitrogen and oxygen atoms in total. The molecule has 1 aromatic carbocycles. The van der Waals surface area contributed by atoms with Crippen LogP contribution in [0.1, 0.15) is 11.1 Å². The van der Waals surface area contributed by atoms with Gasteiger partial charge in [0.1, 0.15) is 0 Å². The molecule has 58 valence electrons. The van der Waals surface area contributed by atoms with E-state index in [4.69, 9.17) is 17.3 Å². The molecule has 0 atom stereocenters. The van der Waals surface area contributed by atoms with Gasteiger partial charge in [-0.2, -0.15) is 0 Å². The van der Waals surface area contributed by atoms with Gasteiger partial charge in [-0.3, -0.25) is 0 Å². The van der Waals surface area contributed by atoms with Crippen LogP contribution in [0.2, 0.25) is 5.02 Å². The predicted molar refractivity (Wildman–Crippen MR) is 50.7 cm³/mol. The zero-order chi connectivity index (χ0) is 8.43. The van der Waals surface area contributed by atoms with Crippen molar-refractivity contribution in [3.8, 4) is 0 Å². The molecule has 0 aromatic heterocycles. The molecular formula is C9H10ClN. The molecule has 0 radical (unpaired) electrons. The molecule has 1 rings (SSSR count). The summed E-state index contributed by atoms with van der Waals surface area (Å²) in [4.78, 5) is 0. The summed E-state index contributed by atoms with van der Waals surface area (Å²) in [5.74, 6) is 0. The van der Waals surface area contributed by atoms with Crippen LogP contribution in [0.3, 0.4) is 0 Å². The summed E-state index contributed by atoms with van der Waals surface area (Å²) < 4.78 is 0. The number of anilines is 1. The van der Waals surface area contributed by atoms with Crippen molar-refractivity contribution in [2.75, 3.05) is 5.73 Å². The lowest BCUT2D eigenvalue weighted by atomic mass is 10.1. The number of aryl methyl sites for hydroxylation is 1. The average Bonchev–Trinajstić information content (AvgIpc) is 1.97. The van der Waals surface area contributed by atoms with E-state index in [9.17, 15) is 0 Å². The van der Waals surface area contributed by atoms with Crippen LogP contribution >= 0.6 is 11.6 Å². The van der Waals surface area contributed by atoms with E-state index in [0.717, 1.165) is 16.8 Å². The Morgan fingerprint density at radius 1 is 1.55 bits per heavy atom. The van der Waals surface area contributed by atoms with Crippen molar-refractivity contribution in [2.45, 2.75) is 6.92 Å². The van der Waals surface area contributed by atoms with Crippen molar-refractivity contribution in [1.82, 2.24) is 0 Å². The van der Waals surface area contributed by atoms with Crippen LogP contribution in [-0.2, 0) is 0 Å². The minimum absolute atomic E-state index is 0.701. The second-order valence-corrected chi connectivity index (χ2v) is 2.84.